The first kappa shape index (κ1) is 17.8. The molecule has 0 saturated heterocycles. The molecule has 3 rings (SSSR count). The van der Waals surface area contributed by atoms with Gasteiger partial charge in [-0.2, -0.15) is 0 Å². The Bertz CT molecular complexity index is 883. The van der Waals surface area contributed by atoms with Crippen molar-refractivity contribution in [2.24, 2.45) is 0 Å². The van der Waals surface area contributed by atoms with Gasteiger partial charge in [0.2, 0.25) is 5.13 Å². The van der Waals surface area contributed by atoms with Crippen molar-refractivity contribution >= 4 is 22.4 Å². The third-order valence-electron chi connectivity index (χ3n) is 3.34. The molecule has 0 spiro atoms. The molecule has 0 atom stereocenters. The summed E-state index contributed by atoms with van der Waals surface area (Å²) >= 11 is 1.20. The number of nitrogens with one attached hydrogen (secondary N) is 1. The lowest BCUT2D eigenvalue weighted by atomic mass is 10.2. The first-order chi connectivity index (χ1) is 12.6. The molecule has 0 radical (unpaired) electrons. The van der Waals surface area contributed by atoms with Gasteiger partial charge in [-0.05, 0) is 42.8 Å². The lowest BCUT2D eigenvalue weighted by Gasteiger charge is -2.07. The van der Waals surface area contributed by atoms with Crippen LogP contribution in [0, 0.1) is 12.7 Å². The van der Waals surface area contributed by atoms with Crippen molar-refractivity contribution in [1.29, 1.82) is 0 Å². The number of aryl methyl sites for hydroxylation is 1. The molecule has 8 heteroatoms. The molecular weight excluding hydrogens is 357 g/mol. The van der Waals surface area contributed by atoms with Crippen LogP contribution in [-0.2, 0) is 11.4 Å². The summed E-state index contributed by atoms with van der Waals surface area (Å²) in [6, 6.07) is 13.1. The molecule has 0 fully saturated rings. The highest BCUT2D eigenvalue weighted by atomic mass is 32.1. The molecule has 0 aliphatic carbocycles. The first-order valence-corrected chi connectivity index (χ1v) is 8.61. The molecule has 134 valence electrons. The summed E-state index contributed by atoms with van der Waals surface area (Å²) < 4.78 is 23.8. The van der Waals surface area contributed by atoms with Crippen LogP contribution in [0.25, 0.3) is 0 Å². The van der Waals surface area contributed by atoms with E-state index in [0.717, 1.165) is 5.56 Å². The quantitative estimate of drug-likeness (QED) is 0.685. The molecule has 26 heavy (non-hydrogen) atoms. The monoisotopic (exact) mass is 373 g/mol. The zero-order chi connectivity index (χ0) is 18.4. The van der Waals surface area contributed by atoms with Gasteiger partial charge < -0.3 is 9.47 Å². The molecule has 0 unspecified atom stereocenters. The van der Waals surface area contributed by atoms with E-state index in [0.29, 0.717) is 21.6 Å². The smallest absolute Gasteiger partial charge is 0.264 e. The van der Waals surface area contributed by atoms with Crippen LogP contribution in [0.1, 0.15) is 10.6 Å². The van der Waals surface area contributed by atoms with E-state index in [1.54, 1.807) is 6.07 Å². The SMILES string of the molecule is Cc1ccccc1OCC(=O)Nc1nnc(COc2ccc(F)cc2)s1. The number of carbonyl (C=O) groups excluding carboxylic acids is 1. The number of aromatic nitrogens is 2. The molecule has 1 aromatic heterocycles. The van der Waals surface area contributed by atoms with Crippen molar-refractivity contribution in [1.82, 2.24) is 10.2 Å². The largest absolute Gasteiger partial charge is 0.486 e. The van der Waals surface area contributed by atoms with Gasteiger partial charge >= 0.3 is 0 Å². The van der Waals surface area contributed by atoms with E-state index in [4.69, 9.17) is 9.47 Å². The predicted octanol–water partition coefficient (Wildman–Crippen LogP) is 3.58. The zero-order valence-corrected chi connectivity index (χ0v) is 14.8. The Kier molecular flexibility index (Phi) is 5.75. The molecule has 0 aliphatic rings. The minimum Gasteiger partial charge on any atom is -0.486 e. The van der Waals surface area contributed by atoms with Crippen LogP contribution < -0.4 is 14.8 Å². The van der Waals surface area contributed by atoms with Gasteiger partial charge in [0.15, 0.2) is 11.6 Å². The van der Waals surface area contributed by atoms with E-state index in [1.165, 1.54) is 35.6 Å². The number of hydrogen-bond acceptors (Lipinski definition) is 6. The average molecular weight is 373 g/mol. The summed E-state index contributed by atoms with van der Waals surface area (Å²) in [7, 11) is 0. The number of rotatable bonds is 7. The number of halogens is 1. The fourth-order valence-electron chi connectivity index (χ4n) is 2.06. The molecule has 3 aromatic rings. The summed E-state index contributed by atoms with van der Waals surface area (Å²) in [4.78, 5) is 12.0. The van der Waals surface area contributed by atoms with Gasteiger partial charge in [0.05, 0.1) is 0 Å². The Morgan fingerprint density at radius 1 is 1.12 bits per heavy atom. The summed E-state index contributed by atoms with van der Waals surface area (Å²) in [5, 5.41) is 11.4. The number of carbonyl (C=O) groups is 1. The minimum atomic E-state index is -0.328. The Hall–Kier alpha value is -3.00. The van der Waals surface area contributed by atoms with E-state index in [9.17, 15) is 9.18 Å². The Balaban J connectivity index is 1.47. The van der Waals surface area contributed by atoms with Gasteiger partial charge in [0.25, 0.3) is 5.91 Å². The van der Waals surface area contributed by atoms with Crippen LogP contribution in [0.15, 0.2) is 48.5 Å². The number of para-hydroxylation sites is 1. The number of amides is 1. The van der Waals surface area contributed by atoms with Crippen molar-refractivity contribution in [3.63, 3.8) is 0 Å². The zero-order valence-electron chi connectivity index (χ0n) is 13.9. The molecule has 1 amide bonds. The summed E-state index contributed by atoms with van der Waals surface area (Å²) in [5.41, 5.74) is 0.955. The van der Waals surface area contributed by atoms with Crippen LogP contribution in [0.3, 0.4) is 0 Å². The second-order valence-electron chi connectivity index (χ2n) is 5.35. The molecule has 2 aromatic carbocycles. The average Bonchev–Trinajstić information content (AvgIpc) is 3.08. The van der Waals surface area contributed by atoms with E-state index < -0.39 is 0 Å². The number of ether oxygens (including phenoxy) is 2. The molecule has 0 bridgehead atoms. The van der Waals surface area contributed by atoms with Crippen LogP contribution in [0.2, 0.25) is 0 Å². The second-order valence-corrected chi connectivity index (χ2v) is 6.41. The van der Waals surface area contributed by atoms with Crippen molar-refractivity contribution < 1.29 is 18.7 Å². The van der Waals surface area contributed by atoms with Gasteiger partial charge in [0, 0.05) is 0 Å². The molecule has 0 aliphatic heterocycles. The number of hydrogen-bond donors (Lipinski definition) is 1. The summed E-state index contributed by atoms with van der Waals surface area (Å²) in [6.07, 6.45) is 0. The third-order valence-corrected chi connectivity index (χ3v) is 4.15. The van der Waals surface area contributed by atoms with Gasteiger partial charge in [-0.15, -0.1) is 10.2 Å². The fourth-order valence-corrected chi connectivity index (χ4v) is 2.72. The normalized spacial score (nSPS) is 10.4. The van der Waals surface area contributed by atoms with E-state index in [1.807, 2.05) is 25.1 Å². The van der Waals surface area contributed by atoms with Crippen molar-refractivity contribution in [2.45, 2.75) is 13.5 Å². The van der Waals surface area contributed by atoms with E-state index >= 15 is 0 Å². The molecule has 0 saturated carbocycles. The standard InChI is InChI=1S/C18H16FN3O3S/c1-12-4-2-3-5-15(12)25-10-16(23)20-18-22-21-17(26-18)11-24-14-8-6-13(19)7-9-14/h2-9H,10-11H2,1H3,(H,20,22,23). The van der Waals surface area contributed by atoms with Crippen LogP contribution in [0.4, 0.5) is 9.52 Å². The third kappa shape index (κ3) is 5.00. The van der Waals surface area contributed by atoms with Crippen LogP contribution in [0.5, 0.6) is 11.5 Å². The Labute approximate surface area is 153 Å². The molecule has 1 heterocycles. The first-order valence-electron chi connectivity index (χ1n) is 7.79. The molecular formula is C18H16FN3O3S. The van der Waals surface area contributed by atoms with Gasteiger partial charge in [-0.25, -0.2) is 4.39 Å². The van der Waals surface area contributed by atoms with E-state index in [-0.39, 0.29) is 24.9 Å². The Morgan fingerprint density at radius 3 is 2.65 bits per heavy atom. The minimum absolute atomic E-state index is 0.119. The number of anilines is 1. The topological polar surface area (TPSA) is 73.3 Å². The predicted molar refractivity (Wildman–Crippen MR) is 95.9 cm³/mol. The lowest BCUT2D eigenvalue weighted by Crippen LogP contribution is -2.20. The summed E-state index contributed by atoms with van der Waals surface area (Å²) in [6.45, 7) is 1.97. The fraction of sp³-hybridized carbons (Fsp3) is 0.167. The number of nitrogens with zero attached hydrogens (tertiary/aromatic N) is 2. The lowest BCUT2D eigenvalue weighted by molar-refractivity contribution is -0.118. The van der Waals surface area contributed by atoms with Crippen LogP contribution in [-0.4, -0.2) is 22.7 Å². The number of benzene rings is 2. The molecule has 6 nitrogen and oxygen atoms in total. The van der Waals surface area contributed by atoms with Gasteiger partial charge in [0.1, 0.15) is 23.9 Å². The van der Waals surface area contributed by atoms with E-state index in [2.05, 4.69) is 15.5 Å². The highest BCUT2D eigenvalue weighted by Crippen LogP contribution is 2.19. The highest BCUT2D eigenvalue weighted by molar-refractivity contribution is 7.15. The second kappa shape index (κ2) is 8.39. The maximum atomic E-state index is 12.8. The van der Waals surface area contributed by atoms with Crippen molar-refractivity contribution in [2.75, 3.05) is 11.9 Å². The molecule has 1 N–H and O–H groups in total. The maximum absolute atomic E-state index is 12.8. The van der Waals surface area contributed by atoms with Gasteiger partial charge in [-0.1, -0.05) is 29.5 Å². The van der Waals surface area contributed by atoms with Crippen LogP contribution >= 0.6 is 11.3 Å². The van der Waals surface area contributed by atoms with Crippen molar-refractivity contribution in [3.05, 3.63) is 64.9 Å². The Morgan fingerprint density at radius 2 is 1.88 bits per heavy atom. The highest BCUT2D eigenvalue weighted by Gasteiger charge is 2.10. The maximum Gasteiger partial charge on any atom is 0.264 e. The van der Waals surface area contributed by atoms with Gasteiger partial charge in [-0.3, -0.25) is 10.1 Å². The van der Waals surface area contributed by atoms with Crippen molar-refractivity contribution in [3.8, 4) is 11.5 Å². The summed E-state index contributed by atoms with van der Waals surface area (Å²) in [5.74, 6) is 0.536.